The van der Waals surface area contributed by atoms with Crippen LogP contribution in [0.4, 0.5) is 11.4 Å². The maximum atomic E-state index is 12.5. The number of nitrogens with one attached hydrogen (secondary N) is 3. The maximum Gasteiger partial charge on any atom is 0.251 e. The SMILES string of the molecule is C1CCOC1.CC(=O)N1CCC(CNC(=O)c2ccc(N(Cc3ccccc3Cl)S(C)(=O)=O)cc2)CC1.CS(=O)(=O)N(Cc1ccccc1Cl)c1ccc(C(=O)NCC2CCNCC2)cc1. The van der Waals surface area contributed by atoms with Crippen molar-refractivity contribution in [2.24, 2.45) is 11.8 Å². The second kappa shape index (κ2) is 25.4. The van der Waals surface area contributed by atoms with Gasteiger partial charge in [0.25, 0.3) is 11.8 Å². The Bertz CT molecular complexity index is 2420. The number of benzene rings is 4. The summed E-state index contributed by atoms with van der Waals surface area (Å²) < 4.78 is 57.0. The van der Waals surface area contributed by atoms with Gasteiger partial charge in [0.05, 0.1) is 37.0 Å². The van der Waals surface area contributed by atoms with E-state index >= 15 is 0 Å². The molecular formula is C48H62Cl2N6O8S2. The first-order valence-corrected chi connectivity index (χ1v) is 26.7. The second-order valence-corrected chi connectivity index (χ2v) is 21.3. The van der Waals surface area contributed by atoms with Gasteiger partial charge in [-0.3, -0.25) is 23.0 Å². The van der Waals surface area contributed by atoms with Crippen LogP contribution < -0.4 is 24.6 Å². The Morgan fingerprint density at radius 2 is 1.03 bits per heavy atom. The molecule has 3 aliphatic rings. The number of nitrogens with zero attached hydrogens (tertiary/aromatic N) is 3. The fourth-order valence-electron chi connectivity index (χ4n) is 7.65. The molecule has 3 fully saturated rings. The predicted octanol–water partition coefficient (Wildman–Crippen LogP) is 7.13. The number of amides is 3. The van der Waals surface area contributed by atoms with Gasteiger partial charge in [0.15, 0.2) is 0 Å². The second-order valence-electron chi connectivity index (χ2n) is 16.7. The monoisotopic (exact) mass is 984 g/mol. The lowest BCUT2D eigenvalue weighted by Gasteiger charge is -2.31. The minimum Gasteiger partial charge on any atom is -0.381 e. The van der Waals surface area contributed by atoms with Gasteiger partial charge >= 0.3 is 0 Å². The first-order chi connectivity index (χ1) is 31.5. The summed E-state index contributed by atoms with van der Waals surface area (Å²) in [6.07, 6.45) is 8.70. The standard InChI is InChI=1S/C23H28ClN3O4S.C21H26ClN3O3S.C4H8O/c1-17(28)26-13-11-18(12-14-26)15-25-23(29)19-7-9-21(10-8-19)27(32(2,30)31)16-20-5-3-4-6-22(20)24;1-29(27,28)25(15-18-4-2-3-5-20(18)22)19-8-6-17(7-9-19)21(26)24-14-16-10-12-23-13-11-16;1-2-4-5-3-1/h3-10,18H,11-16H2,1-2H3,(H,25,29);2-9,16,23H,10-15H2,1H3,(H,24,26);1-4H2. The van der Waals surface area contributed by atoms with E-state index in [0.717, 1.165) is 77.6 Å². The van der Waals surface area contributed by atoms with Gasteiger partial charge in [-0.25, -0.2) is 16.8 Å². The number of carbonyl (C=O) groups excluding carboxylic acids is 3. The highest BCUT2D eigenvalue weighted by Crippen LogP contribution is 2.27. The summed E-state index contributed by atoms with van der Waals surface area (Å²) in [4.78, 5) is 38.2. The summed E-state index contributed by atoms with van der Waals surface area (Å²) in [5.41, 5.74) is 3.32. The summed E-state index contributed by atoms with van der Waals surface area (Å²) in [6, 6.07) is 27.3. The molecule has 358 valence electrons. The van der Waals surface area contributed by atoms with Crippen molar-refractivity contribution >= 4 is 72.3 Å². The van der Waals surface area contributed by atoms with Crippen LogP contribution >= 0.6 is 23.2 Å². The molecule has 0 spiro atoms. The smallest absolute Gasteiger partial charge is 0.251 e. The van der Waals surface area contributed by atoms with E-state index < -0.39 is 20.0 Å². The van der Waals surface area contributed by atoms with E-state index in [1.54, 1.807) is 97.9 Å². The van der Waals surface area contributed by atoms with Crippen LogP contribution in [0.5, 0.6) is 0 Å². The first kappa shape index (κ1) is 52.3. The van der Waals surface area contributed by atoms with Gasteiger partial charge in [-0.05, 0) is 135 Å². The highest BCUT2D eigenvalue weighted by atomic mass is 35.5. The van der Waals surface area contributed by atoms with Crippen molar-refractivity contribution in [1.29, 1.82) is 0 Å². The van der Waals surface area contributed by atoms with Crippen LogP contribution in [0, 0.1) is 11.8 Å². The molecule has 0 bridgehead atoms. The summed E-state index contributed by atoms with van der Waals surface area (Å²) in [5, 5.41) is 10.2. The summed E-state index contributed by atoms with van der Waals surface area (Å²) in [5.74, 6) is 0.570. The molecule has 4 aromatic rings. The Kier molecular flexibility index (Phi) is 20.1. The van der Waals surface area contributed by atoms with Crippen LogP contribution in [0.2, 0.25) is 10.0 Å². The number of carbonyl (C=O) groups is 3. The minimum atomic E-state index is -3.56. The third kappa shape index (κ3) is 16.6. The fraction of sp³-hybridized carbons (Fsp3) is 0.438. The van der Waals surface area contributed by atoms with E-state index in [1.807, 2.05) is 11.0 Å². The lowest BCUT2D eigenvalue weighted by Crippen LogP contribution is -2.40. The Labute approximate surface area is 400 Å². The van der Waals surface area contributed by atoms with Crippen LogP contribution in [0.15, 0.2) is 97.1 Å². The van der Waals surface area contributed by atoms with Gasteiger partial charge < -0.3 is 25.6 Å². The van der Waals surface area contributed by atoms with Crippen molar-refractivity contribution in [2.45, 2.75) is 58.5 Å². The number of anilines is 2. The molecule has 4 aromatic carbocycles. The van der Waals surface area contributed by atoms with Crippen molar-refractivity contribution in [3.8, 4) is 0 Å². The molecule has 0 radical (unpaired) electrons. The van der Waals surface area contributed by atoms with Crippen molar-refractivity contribution in [2.75, 3.05) is 73.6 Å². The zero-order valence-electron chi connectivity index (χ0n) is 37.9. The van der Waals surface area contributed by atoms with Gasteiger partial charge in [0.1, 0.15) is 0 Å². The highest BCUT2D eigenvalue weighted by molar-refractivity contribution is 7.92. The summed E-state index contributed by atoms with van der Waals surface area (Å²) in [7, 11) is -7.08. The predicted molar refractivity (Wildman–Crippen MR) is 263 cm³/mol. The number of sulfonamides is 2. The zero-order chi connectivity index (χ0) is 47.7. The Morgan fingerprint density at radius 3 is 1.38 bits per heavy atom. The van der Waals surface area contributed by atoms with Crippen LogP contribution in [0.3, 0.4) is 0 Å². The highest BCUT2D eigenvalue weighted by Gasteiger charge is 2.24. The largest absolute Gasteiger partial charge is 0.381 e. The number of likely N-dealkylation sites (tertiary alicyclic amines) is 1. The molecule has 0 aromatic heterocycles. The van der Waals surface area contributed by atoms with E-state index in [9.17, 15) is 31.2 Å². The molecule has 3 saturated heterocycles. The molecule has 18 heteroatoms. The van der Waals surface area contributed by atoms with E-state index in [0.29, 0.717) is 68.6 Å². The average molecular weight is 986 g/mol. The Hall–Kier alpha value is -4.71. The maximum absolute atomic E-state index is 12.5. The van der Waals surface area contributed by atoms with E-state index in [-0.39, 0.29) is 30.8 Å². The average Bonchev–Trinajstić information content (AvgIpc) is 3.91. The molecule has 0 aliphatic carbocycles. The molecule has 0 atom stereocenters. The summed E-state index contributed by atoms with van der Waals surface area (Å²) >= 11 is 12.4. The van der Waals surface area contributed by atoms with Crippen molar-refractivity contribution < 1.29 is 36.0 Å². The fourth-order valence-corrected chi connectivity index (χ4v) is 9.79. The van der Waals surface area contributed by atoms with E-state index in [4.69, 9.17) is 27.9 Å². The van der Waals surface area contributed by atoms with Crippen LogP contribution in [-0.4, -0.2) is 104 Å². The third-order valence-corrected chi connectivity index (χ3v) is 14.6. The normalized spacial score (nSPS) is 15.6. The zero-order valence-corrected chi connectivity index (χ0v) is 41.0. The topological polar surface area (TPSA) is 175 Å². The molecular weight excluding hydrogens is 924 g/mol. The number of rotatable bonds is 14. The molecule has 0 unspecified atom stereocenters. The third-order valence-electron chi connectivity index (χ3n) is 11.6. The number of ether oxygens (including phenoxy) is 1. The van der Waals surface area contributed by atoms with Crippen LogP contribution in [0.1, 0.15) is 77.3 Å². The van der Waals surface area contributed by atoms with Crippen LogP contribution in [-0.2, 0) is 42.7 Å². The molecule has 3 amide bonds. The first-order valence-electron chi connectivity index (χ1n) is 22.2. The molecule has 14 nitrogen and oxygen atoms in total. The molecule has 3 aliphatic heterocycles. The van der Waals surface area contributed by atoms with Crippen LogP contribution in [0.25, 0.3) is 0 Å². The van der Waals surface area contributed by atoms with Gasteiger partial charge in [-0.15, -0.1) is 0 Å². The lowest BCUT2D eigenvalue weighted by molar-refractivity contribution is -0.130. The summed E-state index contributed by atoms with van der Waals surface area (Å²) in [6.45, 7) is 8.42. The number of piperidine rings is 2. The van der Waals surface area contributed by atoms with Gasteiger partial charge in [-0.2, -0.15) is 0 Å². The van der Waals surface area contributed by atoms with Crippen molar-refractivity contribution in [3.63, 3.8) is 0 Å². The lowest BCUT2D eigenvalue weighted by atomic mass is 9.96. The van der Waals surface area contributed by atoms with Crippen molar-refractivity contribution in [1.82, 2.24) is 20.9 Å². The molecule has 0 saturated carbocycles. The number of hydrogen-bond donors (Lipinski definition) is 3. The van der Waals surface area contributed by atoms with Gasteiger partial charge in [0, 0.05) is 67.5 Å². The molecule has 7 rings (SSSR count). The van der Waals surface area contributed by atoms with Gasteiger partial charge in [0.2, 0.25) is 26.0 Å². The number of hydrogen-bond acceptors (Lipinski definition) is 9. The molecule has 66 heavy (non-hydrogen) atoms. The Morgan fingerprint density at radius 1 is 0.636 bits per heavy atom. The number of halogens is 2. The molecule has 3 N–H and O–H groups in total. The minimum absolute atomic E-state index is 0.0882. The van der Waals surface area contributed by atoms with E-state index in [2.05, 4.69) is 16.0 Å². The molecule has 3 heterocycles. The van der Waals surface area contributed by atoms with Crippen molar-refractivity contribution in [3.05, 3.63) is 129 Å². The van der Waals surface area contributed by atoms with E-state index in [1.165, 1.54) is 21.5 Å². The van der Waals surface area contributed by atoms with Gasteiger partial charge in [-0.1, -0.05) is 59.6 Å². The Balaban J connectivity index is 0.000000224. The quantitative estimate of drug-likeness (QED) is 0.119.